The van der Waals surface area contributed by atoms with Crippen LogP contribution in [-0.4, -0.2) is 39.7 Å². The number of benzene rings is 2. The van der Waals surface area contributed by atoms with Gasteiger partial charge in [0.15, 0.2) is 0 Å². The van der Waals surface area contributed by atoms with Crippen LogP contribution < -0.4 is 0 Å². The quantitative estimate of drug-likeness (QED) is 0.267. The predicted molar refractivity (Wildman–Crippen MR) is 139 cm³/mol. The Morgan fingerprint density at radius 1 is 1.20 bits per heavy atom. The van der Waals surface area contributed by atoms with Gasteiger partial charge in [0, 0.05) is 53.6 Å². The monoisotopic (exact) mass is 468 g/mol. The summed E-state index contributed by atoms with van der Waals surface area (Å²) in [4.78, 5) is 17.5. The second kappa shape index (κ2) is 9.92. The zero-order valence-corrected chi connectivity index (χ0v) is 20.6. The molecular formula is C29H32N4O2. The van der Waals surface area contributed by atoms with Crippen LogP contribution in [0.15, 0.2) is 54.9 Å². The molecule has 0 fully saturated rings. The maximum atomic E-state index is 11.5. The van der Waals surface area contributed by atoms with E-state index in [1.54, 1.807) is 0 Å². The highest BCUT2D eigenvalue weighted by Gasteiger charge is 2.28. The molecule has 4 aromatic rings. The van der Waals surface area contributed by atoms with Crippen molar-refractivity contribution in [2.45, 2.75) is 45.7 Å². The fourth-order valence-electron chi connectivity index (χ4n) is 5.20. The number of rotatable bonds is 8. The molecule has 2 aromatic heterocycles. The summed E-state index contributed by atoms with van der Waals surface area (Å²) in [6.07, 6.45) is 10.5. The zero-order valence-electron chi connectivity index (χ0n) is 20.6. The van der Waals surface area contributed by atoms with Gasteiger partial charge in [0.1, 0.15) is 0 Å². The fraction of sp³-hybridized carbons (Fsp3) is 0.310. The number of esters is 1. The number of carbonyl (C=O) groups is 1. The number of nitrogens with one attached hydrogen (secondary N) is 2. The maximum absolute atomic E-state index is 11.5. The van der Waals surface area contributed by atoms with Crippen molar-refractivity contribution in [3.05, 3.63) is 93.9 Å². The molecule has 1 unspecified atom stereocenters. The Morgan fingerprint density at radius 2 is 2.09 bits per heavy atom. The van der Waals surface area contributed by atoms with Crippen LogP contribution in [0.5, 0.6) is 0 Å². The van der Waals surface area contributed by atoms with Crippen molar-refractivity contribution in [3.63, 3.8) is 0 Å². The second-order valence-electron chi connectivity index (χ2n) is 9.47. The third-order valence-corrected chi connectivity index (χ3v) is 7.17. The van der Waals surface area contributed by atoms with E-state index >= 15 is 0 Å². The molecule has 6 nitrogen and oxygen atoms in total. The lowest BCUT2D eigenvalue weighted by atomic mass is 10.0. The van der Waals surface area contributed by atoms with Crippen molar-refractivity contribution in [2.75, 3.05) is 13.7 Å². The van der Waals surface area contributed by atoms with Gasteiger partial charge in [0.05, 0.1) is 13.3 Å². The maximum Gasteiger partial charge on any atom is 0.330 e. The number of nitrogens with zero attached hydrogens (tertiary/aromatic N) is 2. The van der Waals surface area contributed by atoms with Crippen molar-refractivity contribution in [2.24, 2.45) is 0 Å². The van der Waals surface area contributed by atoms with Gasteiger partial charge in [-0.05, 0) is 73.1 Å². The lowest BCUT2D eigenvalue weighted by Gasteiger charge is -2.29. The molecule has 2 N–H and O–H groups in total. The van der Waals surface area contributed by atoms with Crippen molar-refractivity contribution in [1.82, 2.24) is 20.1 Å². The number of carbonyl (C=O) groups excluding carboxylic acids is 1. The summed E-state index contributed by atoms with van der Waals surface area (Å²) in [6, 6.07) is 13.5. The largest absolute Gasteiger partial charge is 0.466 e. The Kier molecular flexibility index (Phi) is 6.55. The Labute approximate surface area is 206 Å². The normalized spacial score (nSPS) is 15.4. The molecule has 0 bridgehead atoms. The van der Waals surface area contributed by atoms with Gasteiger partial charge in [-0.3, -0.25) is 10.00 Å². The van der Waals surface area contributed by atoms with Crippen molar-refractivity contribution in [1.29, 1.82) is 0 Å². The molecular weight excluding hydrogens is 436 g/mol. The highest BCUT2D eigenvalue weighted by Crippen LogP contribution is 2.37. The van der Waals surface area contributed by atoms with Crippen LogP contribution in [0.25, 0.3) is 17.0 Å². The molecule has 2 heterocycles. The molecule has 180 valence electrons. The third kappa shape index (κ3) is 4.93. The lowest BCUT2D eigenvalue weighted by Crippen LogP contribution is -2.29. The molecule has 1 atom stereocenters. The standard InChI is InChI=1S/C29H32N4O2/c1-19-4-8-25-23(16-30-27(25)14-19)12-13-33(18-24-17-31-32-20(24)2)28-10-7-22-15-21(5-9-26(22)28)6-11-29(34)35-3/h4-6,8-9,11,14-17,28,30H,7,10,12-13,18H2,1-3H3,(H,31,32)/b11-6+. The zero-order chi connectivity index (χ0) is 24.4. The third-order valence-electron chi connectivity index (χ3n) is 7.17. The van der Waals surface area contributed by atoms with Crippen LogP contribution in [0.2, 0.25) is 0 Å². The number of aryl methyl sites for hydroxylation is 3. The number of hydrogen-bond donors (Lipinski definition) is 2. The van der Waals surface area contributed by atoms with E-state index in [4.69, 9.17) is 4.74 Å². The number of methoxy groups -OCH3 is 1. The summed E-state index contributed by atoms with van der Waals surface area (Å²) in [7, 11) is 1.40. The van der Waals surface area contributed by atoms with Crippen LogP contribution in [0.1, 0.15) is 51.5 Å². The van der Waals surface area contributed by atoms with Crippen molar-refractivity contribution in [3.8, 4) is 0 Å². The molecule has 0 aliphatic heterocycles. The summed E-state index contributed by atoms with van der Waals surface area (Å²) in [6.45, 7) is 6.03. The average Bonchev–Trinajstić information content (AvgIpc) is 3.58. The van der Waals surface area contributed by atoms with Crippen LogP contribution in [0.4, 0.5) is 0 Å². The Bertz CT molecular complexity index is 1380. The highest BCUT2D eigenvalue weighted by atomic mass is 16.5. The van der Waals surface area contributed by atoms with Crippen LogP contribution in [0, 0.1) is 13.8 Å². The number of aromatic amines is 2. The SMILES string of the molecule is COC(=O)/C=C/c1ccc2c(c1)CCC2N(CCc1c[nH]c2cc(C)ccc12)Cc1cn[nH]c1C. The van der Waals surface area contributed by atoms with E-state index in [1.807, 2.05) is 12.3 Å². The van der Waals surface area contributed by atoms with Crippen molar-refractivity contribution < 1.29 is 9.53 Å². The topological polar surface area (TPSA) is 74.0 Å². The summed E-state index contributed by atoms with van der Waals surface area (Å²) in [5.74, 6) is -0.336. The van der Waals surface area contributed by atoms with E-state index in [9.17, 15) is 4.79 Å². The van der Waals surface area contributed by atoms with Crippen molar-refractivity contribution >= 4 is 22.9 Å². The van der Waals surface area contributed by atoms with Crippen LogP contribution in [0.3, 0.4) is 0 Å². The van der Waals surface area contributed by atoms with Gasteiger partial charge in [0.2, 0.25) is 0 Å². The molecule has 1 aliphatic carbocycles. The first kappa shape index (κ1) is 23.1. The number of aromatic nitrogens is 3. The second-order valence-corrected chi connectivity index (χ2v) is 9.47. The highest BCUT2D eigenvalue weighted by molar-refractivity contribution is 5.87. The molecule has 0 amide bonds. The van der Waals surface area contributed by atoms with Gasteiger partial charge in [-0.25, -0.2) is 4.79 Å². The number of ether oxygens (including phenoxy) is 1. The first-order chi connectivity index (χ1) is 17.0. The average molecular weight is 469 g/mol. The fourth-order valence-corrected chi connectivity index (χ4v) is 5.20. The minimum atomic E-state index is -0.336. The minimum absolute atomic E-state index is 0.336. The van der Waals surface area contributed by atoms with E-state index < -0.39 is 0 Å². The van der Waals surface area contributed by atoms with E-state index in [-0.39, 0.29) is 5.97 Å². The van der Waals surface area contributed by atoms with Gasteiger partial charge in [0.25, 0.3) is 0 Å². The Hall–Kier alpha value is -3.64. The van der Waals surface area contributed by atoms with Gasteiger partial charge in [-0.2, -0.15) is 5.10 Å². The van der Waals surface area contributed by atoms with E-state index in [2.05, 4.69) is 76.5 Å². The minimum Gasteiger partial charge on any atom is -0.466 e. The van der Waals surface area contributed by atoms with Crippen LogP contribution >= 0.6 is 0 Å². The molecule has 6 heteroatoms. The number of fused-ring (bicyclic) bond motifs is 2. The molecule has 2 aromatic carbocycles. The smallest absolute Gasteiger partial charge is 0.330 e. The molecule has 0 saturated heterocycles. The number of hydrogen-bond acceptors (Lipinski definition) is 4. The summed E-state index contributed by atoms with van der Waals surface area (Å²) in [5.41, 5.74) is 9.97. The van der Waals surface area contributed by atoms with Gasteiger partial charge >= 0.3 is 5.97 Å². The first-order valence-electron chi connectivity index (χ1n) is 12.2. The van der Waals surface area contributed by atoms with Gasteiger partial charge in [-0.15, -0.1) is 0 Å². The van der Waals surface area contributed by atoms with Gasteiger partial charge < -0.3 is 9.72 Å². The summed E-state index contributed by atoms with van der Waals surface area (Å²) >= 11 is 0. The Morgan fingerprint density at radius 3 is 2.89 bits per heavy atom. The lowest BCUT2D eigenvalue weighted by molar-refractivity contribution is -0.134. The summed E-state index contributed by atoms with van der Waals surface area (Å²) in [5, 5.41) is 8.66. The molecule has 1 aliphatic rings. The predicted octanol–water partition coefficient (Wildman–Crippen LogP) is 5.43. The van der Waals surface area contributed by atoms with E-state index in [0.29, 0.717) is 6.04 Å². The molecule has 0 radical (unpaired) electrons. The Balaban J connectivity index is 1.39. The summed E-state index contributed by atoms with van der Waals surface area (Å²) < 4.78 is 4.72. The molecule has 0 saturated carbocycles. The molecule has 0 spiro atoms. The van der Waals surface area contributed by atoms with Gasteiger partial charge in [-0.1, -0.05) is 30.3 Å². The van der Waals surface area contributed by atoms with E-state index in [0.717, 1.165) is 43.6 Å². The first-order valence-corrected chi connectivity index (χ1v) is 12.2. The number of H-pyrrole nitrogens is 2. The molecule has 5 rings (SSSR count). The molecule has 35 heavy (non-hydrogen) atoms. The van der Waals surface area contributed by atoms with E-state index in [1.165, 1.54) is 51.9 Å². The van der Waals surface area contributed by atoms with Crippen LogP contribution in [-0.2, 0) is 28.9 Å².